The first-order valence-corrected chi connectivity index (χ1v) is 9.18. The molecule has 0 aliphatic rings. The lowest BCUT2D eigenvalue weighted by molar-refractivity contribution is 0.664. The third kappa shape index (κ3) is 5.41. The van der Waals surface area contributed by atoms with Crippen molar-refractivity contribution in [3.05, 3.63) is 65.3 Å². The first kappa shape index (κ1) is 19.6. The maximum atomic E-state index is 12.4. The molecule has 138 valence electrons. The van der Waals surface area contributed by atoms with E-state index < -0.39 is 0 Å². The van der Waals surface area contributed by atoms with Gasteiger partial charge in [0.15, 0.2) is 0 Å². The van der Waals surface area contributed by atoms with Crippen LogP contribution in [0.15, 0.2) is 59.7 Å². The van der Waals surface area contributed by atoms with Crippen molar-refractivity contribution in [3.8, 4) is 11.3 Å². The topological polar surface area (TPSA) is 59.8 Å². The molecule has 2 heterocycles. The highest BCUT2D eigenvalue weighted by molar-refractivity contribution is 5.59. The SMILES string of the molecule is C=C(/C=C\C)CCn1ccc(-c2ccnc(NC(CC)CC)n2)cc1=O. The third-order valence-electron chi connectivity index (χ3n) is 4.34. The number of nitrogens with zero attached hydrogens (tertiary/aromatic N) is 3. The molecule has 0 saturated carbocycles. The Morgan fingerprint density at radius 2 is 2.12 bits per heavy atom. The number of hydrogen-bond acceptors (Lipinski definition) is 4. The van der Waals surface area contributed by atoms with Crippen molar-refractivity contribution >= 4 is 5.95 Å². The average molecular weight is 352 g/mol. The molecule has 1 N–H and O–H groups in total. The molecule has 0 amide bonds. The van der Waals surface area contributed by atoms with Crippen molar-refractivity contribution in [1.29, 1.82) is 0 Å². The second-order valence-electron chi connectivity index (χ2n) is 6.28. The van der Waals surface area contributed by atoms with Gasteiger partial charge in [-0.2, -0.15) is 0 Å². The van der Waals surface area contributed by atoms with Gasteiger partial charge in [-0.05, 0) is 38.3 Å². The van der Waals surface area contributed by atoms with Crippen molar-refractivity contribution in [1.82, 2.24) is 14.5 Å². The summed E-state index contributed by atoms with van der Waals surface area (Å²) in [5.74, 6) is 0.600. The first-order valence-electron chi connectivity index (χ1n) is 9.18. The third-order valence-corrected chi connectivity index (χ3v) is 4.34. The van der Waals surface area contributed by atoms with Crippen LogP contribution in [0, 0.1) is 0 Å². The van der Waals surface area contributed by atoms with Crippen LogP contribution in [0.25, 0.3) is 11.3 Å². The van der Waals surface area contributed by atoms with Crippen molar-refractivity contribution in [3.63, 3.8) is 0 Å². The van der Waals surface area contributed by atoms with E-state index in [9.17, 15) is 4.79 Å². The number of allylic oxidation sites excluding steroid dienone is 3. The zero-order valence-electron chi connectivity index (χ0n) is 15.9. The number of aromatic nitrogens is 3. The summed E-state index contributed by atoms with van der Waals surface area (Å²) in [5, 5.41) is 3.34. The fraction of sp³-hybridized carbons (Fsp3) is 0.381. The number of hydrogen-bond donors (Lipinski definition) is 1. The van der Waals surface area contributed by atoms with E-state index in [4.69, 9.17) is 0 Å². The number of anilines is 1. The molecule has 5 heteroatoms. The molecule has 0 atom stereocenters. The summed E-state index contributed by atoms with van der Waals surface area (Å²) < 4.78 is 1.70. The molecule has 0 unspecified atom stereocenters. The zero-order chi connectivity index (χ0) is 18.9. The van der Waals surface area contributed by atoms with Crippen LogP contribution in [0.5, 0.6) is 0 Å². The maximum absolute atomic E-state index is 12.4. The fourth-order valence-corrected chi connectivity index (χ4v) is 2.70. The van der Waals surface area contributed by atoms with Crippen LogP contribution < -0.4 is 10.9 Å². The number of rotatable bonds is 9. The summed E-state index contributed by atoms with van der Waals surface area (Å²) in [5.41, 5.74) is 2.52. The minimum Gasteiger partial charge on any atom is -0.351 e. The van der Waals surface area contributed by atoms with Gasteiger partial charge in [0.25, 0.3) is 5.56 Å². The minimum atomic E-state index is -0.0381. The predicted octanol–water partition coefficient (Wildman–Crippen LogP) is 4.43. The van der Waals surface area contributed by atoms with Crippen molar-refractivity contribution < 1.29 is 0 Å². The van der Waals surface area contributed by atoms with Crippen LogP contribution in [-0.4, -0.2) is 20.6 Å². The summed E-state index contributed by atoms with van der Waals surface area (Å²) in [6.07, 6.45) is 10.2. The summed E-state index contributed by atoms with van der Waals surface area (Å²) in [6.45, 7) is 10.8. The summed E-state index contributed by atoms with van der Waals surface area (Å²) in [7, 11) is 0. The molecule has 0 aliphatic carbocycles. The van der Waals surface area contributed by atoms with E-state index in [0.717, 1.165) is 36.1 Å². The Morgan fingerprint density at radius 1 is 1.35 bits per heavy atom. The van der Waals surface area contributed by atoms with E-state index in [0.29, 0.717) is 18.5 Å². The van der Waals surface area contributed by atoms with Gasteiger partial charge >= 0.3 is 0 Å². The fourth-order valence-electron chi connectivity index (χ4n) is 2.70. The summed E-state index contributed by atoms with van der Waals surface area (Å²) in [6, 6.07) is 5.72. The molecule has 2 aromatic rings. The second-order valence-corrected chi connectivity index (χ2v) is 6.28. The van der Waals surface area contributed by atoms with E-state index in [1.165, 1.54) is 0 Å². The molecular formula is C21H28N4O. The van der Waals surface area contributed by atoms with Gasteiger partial charge in [0.2, 0.25) is 5.95 Å². The molecule has 0 aliphatic heterocycles. The predicted molar refractivity (Wildman–Crippen MR) is 108 cm³/mol. The second kappa shape index (κ2) is 9.70. The van der Waals surface area contributed by atoms with Gasteiger partial charge in [0.1, 0.15) is 0 Å². The molecule has 0 bridgehead atoms. The normalized spacial score (nSPS) is 11.2. The van der Waals surface area contributed by atoms with Crippen LogP contribution in [-0.2, 0) is 6.54 Å². The van der Waals surface area contributed by atoms with Gasteiger partial charge < -0.3 is 9.88 Å². The monoisotopic (exact) mass is 352 g/mol. The number of pyridine rings is 1. The van der Waals surface area contributed by atoms with Crippen molar-refractivity contribution in [2.24, 2.45) is 0 Å². The zero-order valence-corrected chi connectivity index (χ0v) is 15.9. The van der Waals surface area contributed by atoms with Gasteiger partial charge in [-0.1, -0.05) is 38.2 Å². The quantitative estimate of drug-likeness (QED) is 0.678. The van der Waals surface area contributed by atoms with Crippen LogP contribution >= 0.6 is 0 Å². The molecule has 2 rings (SSSR count). The largest absolute Gasteiger partial charge is 0.351 e. The minimum absolute atomic E-state index is 0.0381. The molecule has 0 radical (unpaired) electrons. The Hall–Kier alpha value is -2.69. The van der Waals surface area contributed by atoms with E-state index in [1.807, 2.05) is 37.4 Å². The van der Waals surface area contributed by atoms with E-state index in [1.54, 1.807) is 16.8 Å². The van der Waals surface area contributed by atoms with Crippen molar-refractivity contribution in [2.45, 2.75) is 52.6 Å². The molecule has 0 aromatic carbocycles. The Labute approximate surface area is 155 Å². The molecule has 26 heavy (non-hydrogen) atoms. The molecule has 0 spiro atoms. The summed E-state index contributed by atoms with van der Waals surface area (Å²) >= 11 is 0. The smallest absolute Gasteiger partial charge is 0.251 e. The summed E-state index contributed by atoms with van der Waals surface area (Å²) in [4.78, 5) is 21.2. The first-order chi connectivity index (χ1) is 12.6. The van der Waals surface area contributed by atoms with Gasteiger partial charge in [-0.3, -0.25) is 4.79 Å². The van der Waals surface area contributed by atoms with Crippen LogP contribution in [0.1, 0.15) is 40.0 Å². The lowest BCUT2D eigenvalue weighted by atomic mass is 10.1. The Balaban J connectivity index is 2.15. The highest BCUT2D eigenvalue weighted by Crippen LogP contribution is 2.17. The van der Waals surface area contributed by atoms with Crippen LogP contribution in [0.3, 0.4) is 0 Å². The molecule has 5 nitrogen and oxygen atoms in total. The van der Waals surface area contributed by atoms with E-state index in [2.05, 4.69) is 35.7 Å². The Bertz CT molecular complexity index is 819. The molecule has 2 aromatic heterocycles. The lowest BCUT2D eigenvalue weighted by Crippen LogP contribution is -2.19. The van der Waals surface area contributed by atoms with Gasteiger partial charge in [0, 0.05) is 36.6 Å². The lowest BCUT2D eigenvalue weighted by Gasteiger charge is -2.15. The van der Waals surface area contributed by atoms with E-state index >= 15 is 0 Å². The molecule has 0 fully saturated rings. The number of aryl methyl sites for hydroxylation is 1. The Kier molecular flexibility index (Phi) is 7.33. The van der Waals surface area contributed by atoms with Crippen molar-refractivity contribution in [2.75, 3.05) is 5.32 Å². The standard InChI is InChI=1S/C21H28N4O/c1-5-8-16(4)10-13-25-14-11-17(15-20(25)26)19-9-12-22-21(24-19)23-18(6-2)7-3/h5,8-9,11-12,14-15,18H,4,6-7,10,13H2,1-3H3,(H,22,23,24)/b8-5-. The Morgan fingerprint density at radius 3 is 2.77 bits per heavy atom. The van der Waals surface area contributed by atoms with Gasteiger partial charge in [0.05, 0.1) is 5.69 Å². The van der Waals surface area contributed by atoms with E-state index in [-0.39, 0.29) is 5.56 Å². The van der Waals surface area contributed by atoms with Crippen LogP contribution in [0.2, 0.25) is 0 Å². The molecular weight excluding hydrogens is 324 g/mol. The molecule has 0 saturated heterocycles. The van der Waals surface area contributed by atoms with Gasteiger partial charge in [-0.25, -0.2) is 9.97 Å². The highest BCUT2D eigenvalue weighted by atomic mass is 16.1. The maximum Gasteiger partial charge on any atom is 0.251 e. The average Bonchev–Trinajstić information content (AvgIpc) is 2.65. The van der Waals surface area contributed by atoms with Crippen LogP contribution in [0.4, 0.5) is 5.95 Å². The van der Waals surface area contributed by atoms with Gasteiger partial charge in [-0.15, -0.1) is 0 Å². The number of nitrogens with one attached hydrogen (secondary N) is 1. The highest BCUT2D eigenvalue weighted by Gasteiger charge is 2.08.